The van der Waals surface area contributed by atoms with Gasteiger partial charge in [0.1, 0.15) is 12.4 Å². The number of hydrogen-bond donors (Lipinski definition) is 1. The van der Waals surface area contributed by atoms with Crippen molar-refractivity contribution in [3.63, 3.8) is 0 Å². The molecule has 1 amide bonds. The zero-order valence-corrected chi connectivity index (χ0v) is 15.1. The lowest BCUT2D eigenvalue weighted by Gasteiger charge is -2.17. The summed E-state index contributed by atoms with van der Waals surface area (Å²) in [5.74, 6) is 0.546. The molecule has 1 aromatic heterocycles. The molecule has 138 valence electrons. The van der Waals surface area contributed by atoms with E-state index >= 15 is 0 Å². The standard InChI is InChI=1S/C19H20N2O4.ClH/c22-18-8-5-15-11-16(6-7-17(15)21-18)24-10-2-4-19(23)25-13-14-3-1-9-20-12-14;/h1,3,6-7,9,11-12H,2,4-5,8,10,13H2,(H,21,22);1H. The lowest BCUT2D eigenvalue weighted by atomic mass is 10.0. The maximum absolute atomic E-state index is 11.7. The number of fused-ring (bicyclic) bond motifs is 1. The summed E-state index contributed by atoms with van der Waals surface area (Å²) >= 11 is 0. The number of aromatic nitrogens is 1. The molecular formula is C19H21ClN2O4. The van der Waals surface area contributed by atoms with Crippen LogP contribution < -0.4 is 10.1 Å². The molecule has 3 rings (SSSR count). The SMILES string of the molecule is Cl.O=C1CCc2cc(OCCCC(=O)OCc3cccnc3)ccc2N1. The molecule has 0 saturated heterocycles. The summed E-state index contributed by atoms with van der Waals surface area (Å²) in [5.41, 5.74) is 2.80. The molecule has 0 spiro atoms. The fourth-order valence-electron chi connectivity index (χ4n) is 2.58. The molecule has 0 atom stereocenters. The molecule has 1 aliphatic heterocycles. The van der Waals surface area contributed by atoms with Crippen molar-refractivity contribution in [3.05, 3.63) is 53.9 Å². The minimum atomic E-state index is -0.249. The lowest BCUT2D eigenvalue weighted by molar-refractivity contribution is -0.145. The summed E-state index contributed by atoms with van der Waals surface area (Å²) in [6.07, 6.45) is 5.46. The number of amides is 1. The van der Waals surface area contributed by atoms with E-state index in [4.69, 9.17) is 9.47 Å². The van der Waals surface area contributed by atoms with Crippen molar-refractivity contribution in [1.29, 1.82) is 0 Å². The third kappa shape index (κ3) is 5.74. The fraction of sp³-hybridized carbons (Fsp3) is 0.316. The van der Waals surface area contributed by atoms with Gasteiger partial charge >= 0.3 is 5.97 Å². The Kier molecular flexibility index (Phi) is 7.41. The van der Waals surface area contributed by atoms with Crippen LogP contribution in [0.25, 0.3) is 0 Å². The number of hydrogen-bond acceptors (Lipinski definition) is 5. The molecule has 0 fully saturated rings. The first-order chi connectivity index (χ1) is 12.2. The van der Waals surface area contributed by atoms with E-state index in [0.717, 1.165) is 29.0 Å². The maximum Gasteiger partial charge on any atom is 0.306 e. The first kappa shape index (κ1) is 19.7. The van der Waals surface area contributed by atoms with Gasteiger partial charge < -0.3 is 14.8 Å². The Morgan fingerprint density at radius 2 is 2.12 bits per heavy atom. The summed E-state index contributed by atoms with van der Waals surface area (Å²) in [6, 6.07) is 9.29. The number of nitrogens with one attached hydrogen (secondary N) is 1. The number of ether oxygens (including phenoxy) is 2. The number of aryl methyl sites for hydroxylation is 1. The number of carbonyl (C=O) groups is 2. The topological polar surface area (TPSA) is 77.5 Å². The summed E-state index contributed by atoms with van der Waals surface area (Å²) in [7, 11) is 0. The van der Waals surface area contributed by atoms with Crippen molar-refractivity contribution in [1.82, 2.24) is 4.98 Å². The first-order valence-corrected chi connectivity index (χ1v) is 8.31. The smallest absolute Gasteiger partial charge is 0.306 e. The Labute approximate surface area is 158 Å². The van der Waals surface area contributed by atoms with Gasteiger partial charge in [-0.15, -0.1) is 12.4 Å². The van der Waals surface area contributed by atoms with E-state index in [9.17, 15) is 9.59 Å². The number of halogens is 1. The Balaban J connectivity index is 0.00000243. The Morgan fingerprint density at radius 3 is 2.92 bits per heavy atom. The Hall–Kier alpha value is -2.60. The Bertz CT molecular complexity index is 752. The number of nitrogens with zero attached hydrogens (tertiary/aromatic N) is 1. The minimum absolute atomic E-state index is 0. The highest BCUT2D eigenvalue weighted by Crippen LogP contribution is 2.26. The van der Waals surface area contributed by atoms with Crippen molar-refractivity contribution >= 4 is 30.0 Å². The van der Waals surface area contributed by atoms with Crippen LogP contribution in [-0.2, 0) is 27.4 Å². The van der Waals surface area contributed by atoms with Gasteiger partial charge in [0.15, 0.2) is 0 Å². The third-order valence-corrected chi connectivity index (χ3v) is 3.89. The van der Waals surface area contributed by atoms with Crippen LogP contribution >= 0.6 is 12.4 Å². The zero-order valence-electron chi connectivity index (χ0n) is 14.3. The van der Waals surface area contributed by atoms with E-state index in [0.29, 0.717) is 25.9 Å². The molecule has 2 heterocycles. The summed E-state index contributed by atoms with van der Waals surface area (Å²) in [4.78, 5) is 27.0. The largest absolute Gasteiger partial charge is 0.494 e. The van der Waals surface area contributed by atoms with Crippen molar-refractivity contribution in [2.45, 2.75) is 32.3 Å². The molecule has 7 heteroatoms. The molecule has 6 nitrogen and oxygen atoms in total. The predicted octanol–water partition coefficient (Wildman–Crippen LogP) is 3.29. The third-order valence-electron chi connectivity index (χ3n) is 3.89. The summed E-state index contributed by atoms with van der Waals surface area (Å²) < 4.78 is 10.9. The van der Waals surface area contributed by atoms with E-state index in [1.54, 1.807) is 18.5 Å². The first-order valence-electron chi connectivity index (χ1n) is 8.31. The molecule has 0 radical (unpaired) electrons. The van der Waals surface area contributed by atoms with Gasteiger partial charge in [-0.2, -0.15) is 0 Å². The fourth-order valence-corrected chi connectivity index (χ4v) is 2.58. The van der Waals surface area contributed by atoms with Crippen LogP contribution in [0.15, 0.2) is 42.7 Å². The van der Waals surface area contributed by atoms with E-state index < -0.39 is 0 Å². The van der Waals surface area contributed by atoms with E-state index in [1.807, 2.05) is 24.3 Å². The number of carbonyl (C=O) groups excluding carboxylic acids is 2. The highest BCUT2D eigenvalue weighted by Gasteiger charge is 2.15. The van der Waals surface area contributed by atoms with Gasteiger partial charge in [-0.1, -0.05) is 6.07 Å². The highest BCUT2D eigenvalue weighted by molar-refractivity contribution is 5.94. The average Bonchev–Trinajstić information content (AvgIpc) is 2.64. The van der Waals surface area contributed by atoms with E-state index in [1.165, 1.54) is 0 Å². The molecule has 0 bridgehead atoms. The normalized spacial score (nSPS) is 12.4. The van der Waals surface area contributed by atoms with Crippen LogP contribution in [0.5, 0.6) is 5.75 Å². The van der Waals surface area contributed by atoms with Crippen molar-refractivity contribution < 1.29 is 19.1 Å². The molecule has 2 aromatic rings. The number of pyridine rings is 1. The summed E-state index contributed by atoms with van der Waals surface area (Å²) in [5, 5.41) is 2.84. The second kappa shape index (κ2) is 9.77. The number of esters is 1. The van der Waals surface area contributed by atoms with Crippen LogP contribution in [0, 0.1) is 0 Å². The van der Waals surface area contributed by atoms with Crippen LogP contribution in [0.4, 0.5) is 5.69 Å². The number of benzene rings is 1. The van der Waals surface area contributed by atoms with Gasteiger partial charge in [-0.3, -0.25) is 14.6 Å². The molecule has 0 unspecified atom stereocenters. The van der Waals surface area contributed by atoms with Gasteiger partial charge in [-0.05, 0) is 42.7 Å². The monoisotopic (exact) mass is 376 g/mol. The van der Waals surface area contributed by atoms with E-state index in [2.05, 4.69) is 10.3 Å². The van der Waals surface area contributed by atoms with Crippen LogP contribution in [-0.4, -0.2) is 23.5 Å². The minimum Gasteiger partial charge on any atom is -0.494 e. The molecule has 0 saturated carbocycles. The highest BCUT2D eigenvalue weighted by atomic mass is 35.5. The average molecular weight is 377 g/mol. The Morgan fingerprint density at radius 1 is 1.23 bits per heavy atom. The van der Waals surface area contributed by atoms with Crippen LogP contribution in [0.1, 0.15) is 30.4 Å². The zero-order chi connectivity index (χ0) is 17.5. The van der Waals surface area contributed by atoms with Crippen molar-refractivity contribution in [2.24, 2.45) is 0 Å². The molecule has 1 aromatic carbocycles. The summed E-state index contributed by atoms with van der Waals surface area (Å²) in [6.45, 7) is 0.678. The van der Waals surface area contributed by atoms with Gasteiger partial charge in [-0.25, -0.2) is 0 Å². The van der Waals surface area contributed by atoms with Gasteiger partial charge in [0.2, 0.25) is 5.91 Å². The second-order valence-corrected chi connectivity index (χ2v) is 5.84. The molecule has 26 heavy (non-hydrogen) atoms. The molecule has 1 aliphatic rings. The predicted molar refractivity (Wildman–Crippen MR) is 99.4 cm³/mol. The number of anilines is 1. The molecule has 0 aliphatic carbocycles. The van der Waals surface area contributed by atoms with Gasteiger partial charge in [0, 0.05) is 36.5 Å². The van der Waals surface area contributed by atoms with Crippen LogP contribution in [0.3, 0.4) is 0 Å². The van der Waals surface area contributed by atoms with Crippen molar-refractivity contribution in [2.75, 3.05) is 11.9 Å². The quantitative estimate of drug-likeness (QED) is 0.592. The van der Waals surface area contributed by atoms with Crippen LogP contribution in [0.2, 0.25) is 0 Å². The lowest BCUT2D eigenvalue weighted by Crippen LogP contribution is -2.18. The molecular weight excluding hydrogens is 356 g/mol. The van der Waals surface area contributed by atoms with Crippen molar-refractivity contribution in [3.8, 4) is 5.75 Å². The molecule has 1 N–H and O–H groups in total. The maximum atomic E-state index is 11.7. The number of rotatable bonds is 7. The van der Waals surface area contributed by atoms with E-state index in [-0.39, 0.29) is 30.9 Å². The van der Waals surface area contributed by atoms with Gasteiger partial charge in [0.25, 0.3) is 0 Å². The second-order valence-electron chi connectivity index (χ2n) is 5.84. The van der Waals surface area contributed by atoms with Gasteiger partial charge in [0.05, 0.1) is 6.61 Å².